The van der Waals surface area contributed by atoms with Crippen LogP contribution in [0.2, 0.25) is 0 Å². The van der Waals surface area contributed by atoms with Crippen molar-refractivity contribution in [2.24, 2.45) is 5.92 Å². The largest absolute Gasteiger partial charge is 0.486 e. The van der Waals surface area contributed by atoms with Crippen LogP contribution in [0.5, 0.6) is 5.75 Å². The summed E-state index contributed by atoms with van der Waals surface area (Å²) in [6.07, 6.45) is 5.98. The number of ether oxygens (including phenoxy) is 1. The molecule has 3 aromatic rings. The van der Waals surface area contributed by atoms with Crippen molar-refractivity contribution in [3.8, 4) is 5.75 Å². The number of amides is 2. The Morgan fingerprint density at radius 1 is 1.08 bits per heavy atom. The Morgan fingerprint density at radius 2 is 1.92 bits per heavy atom. The number of rotatable bonds is 8. The molecule has 194 valence electrons. The molecule has 6 heteroatoms. The first-order valence-corrected chi connectivity index (χ1v) is 13.5. The fourth-order valence-electron chi connectivity index (χ4n) is 5.58. The Bertz CT molecular complexity index is 1260. The van der Waals surface area contributed by atoms with Crippen molar-refractivity contribution < 1.29 is 18.7 Å². The molecule has 1 aliphatic carbocycles. The number of fused-ring (bicyclic) bond motifs is 1. The van der Waals surface area contributed by atoms with Gasteiger partial charge < -0.3 is 19.4 Å². The predicted molar refractivity (Wildman–Crippen MR) is 143 cm³/mol. The summed E-state index contributed by atoms with van der Waals surface area (Å²) in [5.74, 6) is 1.81. The number of nitrogens with one attached hydrogen (secondary N) is 1. The van der Waals surface area contributed by atoms with Gasteiger partial charge in [-0.15, -0.1) is 0 Å². The molecule has 2 aromatic carbocycles. The predicted octanol–water partition coefficient (Wildman–Crippen LogP) is 5.97. The van der Waals surface area contributed by atoms with Gasteiger partial charge in [-0.1, -0.05) is 55.7 Å². The minimum Gasteiger partial charge on any atom is -0.486 e. The molecule has 2 aliphatic rings. The first-order chi connectivity index (χ1) is 18.0. The highest BCUT2D eigenvalue weighted by atomic mass is 16.5. The van der Waals surface area contributed by atoms with Gasteiger partial charge in [-0.2, -0.15) is 0 Å². The van der Waals surface area contributed by atoms with Gasteiger partial charge in [0, 0.05) is 19.0 Å². The highest BCUT2D eigenvalue weighted by Gasteiger charge is 2.36. The average Bonchev–Trinajstić information content (AvgIpc) is 3.62. The van der Waals surface area contributed by atoms with Crippen LogP contribution >= 0.6 is 0 Å². The summed E-state index contributed by atoms with van der Waals surface area (Å²) in [6, 6.07) is 18.0. The number of carbonyl (C=O) groups is 2. The van der Waals surface area contributed by atoms with Crippen molar-refractivity contribution in [3.05, 3.63) is 88.4 Å². The second kappa shape index (κ2) is 11.2. The fourth-order valence-corrected chi connectivity index (χ4v) is 5.58. The van der Waals surface area contributed by atoms with Crippen molar-refractivity contribution in [1.29, 1.82) is 0 Å². The van der Waals surface area contributed by atoms with Gasteiger partial charge in [0.1, 0.15) is 18.1 Å². The number of aryl methyl sites for hydroxylation is 1. The number of benzene rings is 2. The zero-order valence-corrected chi connectivity index (χ0v) is 21.8. The molecule has 2 heterocycles. The Kier molecular flexibility index (Phi) is 7.63. The van der Waals surface area contributed by atoms with E-state index in [0.29, 0.717) is 12.3 Å². The number of furan rings is 1. The van der Waals surface area contributed by atoms with E-state index in [2.05, 4.69) is 53.5 Å². The normalized spacial score (nSPS) is 17.5. The highest BCUT2D eigenvalue weighted by Crippen LogP contribution is 2.40. The molecule has 1 unspecified atom stereocenters. The van der Waals surface area contributed by atoms with E-state index >= 15 is 0 Å². The van der Waals surface area contributed by atoms with E-state index in [4.69, 9.17) is 9.15 Å². The van der Waals surface area contributed by atoms with Crippen molar-refractivity contribution >= 4 is 11.8 Å². The third-order valence-electron chi connectivity index (χ3n) is 7.49. The Hall–Kier alpha value is -3.54. The lowest BCUT2D eigenvalue weighted by atomic mass is 9.86. The summed E-state index contributed by atoms with van der Waals surface area (Å²) in [6.45, 7) is 5.67. The van der Waals surface area contributed by atoms with Crippen molar-refractivity contribution in [3.63, 3.8) is 0 Å². The second-order valence-corrected chi connectivity index (χ2v) is 10.3. The van der Waals surface area contributed by atoms with Crippen LogP contribution in [0.1, 0.15) is 83.6 Å². The summed E-state index contributed by atoms with van der Waals surface area (Å²) in [5, 5.41) is 2.82. The van der Waals surface area contributed by atoms with Gasteiger partial charge in [0.15, 0.2) is 5.76 Å². The monoisotopic (exact) mass is 500 g/mol. The van der Waals surface area contributed by atoms with E-state index in [0.717, 1.165) is 61.9 Å². The zero-order chi connectivity index (χ0) is 25.8. The topological polar surface area (TPSA) is 71.8 Å². The average molecular weight is 501 g/mol. The van der Waals surface area contributed by atoms with Gasteiger partial charge in [0.25, 0.3) is 5.91 Å². The van der Waals surface area contributed by atoms with Gasteiger partial charge in [-0.3, -0.25) is 9.59 Å². The van der Waals surface area contributed by atoms with Gasteiger partial charge in [-0.05, 0) is 73.6 Å². The summed E-state index contributed by atoms with van der Waals surface area (Å²) in [7, 11) is 0. The molecule has 1 N–H and O–H groups in total. The molecule has 1 aromatic heterocycles. The molecule has 0 saturated heterocycles. The maximum atomic E-state index is 13.6. The molecule has 1 fully saturated rings. The quantitative estimate of drug-likeness (QED) is 0.414. The zero-order valence-electron chi connectivity index (χ0n) is 21.8. The minimum absolute atomic E-state index is 0.127. The number of hydrogen-bond acceptors (Lipinski definition) is 4. The van der Waals surface area contributed by atoms with Crippen molar-refractivity contribution in [2.75, 3.05) is 13.1 Å². The smallest absolute Gasteiger partial charge is 0.286 e. The summed E-state index contributed by atoms with van der Waals surface area (Å²) in [4.78, 5) is 27.9. The van der Waals surface area contributed by atoms with E-state index < -0.39 is 0 Å². The van der Waals surface area contributed by atoms with E-state index in [1.165, 1.54) is 11.1 Å². The van der Waals surface area contributed by atoms with Crippen LogP contribution in [-0.4, -0.2) is 29.8 Å². The van der Waals surface area contributed by atoms with Gasteiger partial charge >= 0.3 is 0 Å². The Labute approximate surface area is 219 Å². The standard InChI is InChI=1S/C31H36N2O4/c1-3-16-32-30(34)28-14-13-26(37-28)20-36-25-12-11-22-15-17-33(31(35)23-8-4-5-9-23)29(27(22)19-25)24-10-6-7-21(2)18-24/h6-7,10-14,18-19,23,29H,3-5,8-9,15-17,20H2,1-2H3,(H,32,34). The van der Waals surface area contributed by atoms with Crippen molar-refractivity contribution in [2.45, 2.75) is 65.0 Å². The SMILES string of the molecule is CCCNC(=O)c1ccc(COc2ccc3c(c2)C(c2cccc(C)c2)N(C(=O)C2CCCC2)CC3)o1. The molecular weight excluding hydrogens is 464 g/mol. The highest BCUT2D eigenvalue weighted by molar-refractivity contribution is 5.91. The second-order valence-electron chi connectivity index (χ2n) is 10.3. The third-order valence-corrected chi connectivity index (χ3v) is 7.49. The molecule has 2 amide bonds. The first-order valence-electron chi connectivity index (χ1n) is 13.5. The van der Waals surface area contributed by atoms with E-state index in [9.17, 15) is 9.59 Å². The number of hydrogen-bond donors (Lipinski definition) is 1. The fraction of sp³-hybridized carbons (Fsp3) is 0.419. The van der Waals surface area contributed by atoms with E-state index in [-0.39, 0.29) is 36.1 Å². The maximum absolute atomic E-state index is 13.6. The Balaban J connectivity index is 1.39. The lowest BCUT2D eigenvalue weighted by Crippen LogP contribution is -2.43. The molecular formula is C31H36N2O4. The molecule has 5 rings (SSSR count). The molecule has 1 aliphatic heterocycles. The van der Waals surface area contributed by atoms with Crippen LogP contribution in [0.3, 0.4) is 0 Å². The van der Waals surface area contributed by atoms with Crippen molar-refractivity contribution in [1.82, 2.24) is 10.2 Å². The number of carbonyl (C=O) groups excluding carboxylic acids is 2. The van der Waals surface area contributed by atoms with Crippen LogP contribution in [0, 0.1) is 12.8 Å². The lowest BCUT2D eigenvalue weighted by molar-refractivity contribution is -0.137. The number of nitrogens with zero attached hydrogens (tertiary/aromatic N) is 1. The van der Waals surface area contributed by atoms with E-state index in [1.807, 2.05) is 13.0 Å². The maximum Gasteiger partial charge on any atom is 0.286 e. The molecule has 0 bridgehead atoms. The molecule has 0 spiro atoms. The van der Waals surface area contributed by atoms with E-state index in [1.54, 1.807) is 12.1 Å². The van der Waals surface area contributed by atoms with Crippen LogP contribution in [-0.2, 0) is 17.8 Å². The lowest BCUT2D eigenvalue weighted by Gasteiger charge is -2.39. The molecule has 1 saturated carbocycles. The van der Waals surface area contributed by atoms with Gasteiger partial charge in [0.2, 0.25) is 5.91 Å². The summed E-state index contributed by atoms with van der Waals surface area (Å²) >= 11 is 0. The first kappa shape index (κ1) is 25.1. The van der Waals surface area contributed by atoms with Crippen LogP contribution < -0.4 is 10.1 Å². The molecule has 6 nitrogen and oxygen atoms in total. The molecule has 1 atom stereocenters. The molecule has 0 radical (unpaired) electrons. The van der Waals surface area contributed by atoms with Crippen LogP contribution in [0.15, 0.2) is 59.0 Å². The van der Waals surface area contributed by atoms with Gasteiger partial charge in [0.05, 0.1) is 6.04 Å². The van der Waals surface area contributed by atoms with Crippen LogP contribution in [0.4, 0.5) is 0 Å². The minimum atomic E-state index is -0.213. The molecule has 37 heavy (non-hydrogen) atoms. The van der Waals surface area contributed by atoms with Gasteiger partial charge in [-0.25, -0.2) is 0 Å². The Morgan fingerprint density at radius 3 is 2.70 bits per heavy atom. The summed E-state index contributed by atoms with van der Waals surface area (Å²) < 4.78 is 11.8. The van der Waals surface area contributed by atoms with Crippen LogP contribution in [0.25, 0.3) is 0 Å². The third kappa shape index (κ3) is 5.58. The summed E-state index contributed by atoms with van der Waals surface area (Å²) in [5.41, 5.74) is 4.70.